The molecule has 0 aromatic heterocycles. The zero-order valence-corrected chi connectivity index (χ0v) is 20.4. The highest BCUT2D eigenvalue weighted by molar-refractivity contribution is 7.14. The Labute approximate surface area is 212 Å². The fraction of sp³-hybridized carbons (Fsp3) is 0. The van der Waals surface area contributed by atoms with Crippen LogP contribution in [-0.4, -0.2) is 5.97 Å². The summed E-state index contributed by atoms with van der Waals surface area (Å²) in [5.41, 5.74) is 8.45. The molecule has 4 aliphatic rings. The molecule has 4 heteroatoms. The molecule has 2 nitrogen and oxygen atoms in total. The van der Waals surface area contributed by atoms with Crippen LogP contribution >= 0.6 is 22.7 Å². The number of carbonyl (C=O) groups excluding carboxylic acids is 1. The third-order valence-electron chi connectivity index (χ3n) is 6.10. The van der Waals surface area contributed by atoms with Gasteiger partial charge in [0.15, 0.2) is 0 Å². The highest BCUT2D eigenvalue weighted by atomic mass is 32.1. The third-order valence-corrected chi connectivity index (χ3v) is 8.07. The summed E-state index contributed by atoms with van der Waals surface area (Å²) < 4.78 is 5.96. The highest BCUT2D eigenvalue weighted by Crippen LogP contribution is 2.49. The van der Waals surface area contributed by atoms with Crippen molar-refractivity contribution in [2.75, 3.05) is 0 Å². The van der Waals surface area contributed by atoms with E-state index in [-0.39, 0.29) is 0 Å². The van der Waals surface area contributed by atoms with Crippen LogP contribution in [0.2, 0.25) is 0 Å². The maximum Gasteiger partial charge on any atom is 0.335 e. The van der Waals surface area contributed by atoms with Gasteiger partial charge in [-0.3, -0.25) is 0 Å². The maximum absolute atomic E-state index is 12.5. The van der Waals surface area contributed by atoms with Crippen LogP contribution in [0.15, 0.2) is 114 Å². The van der Waals surface area contributed by atoms with Crippen molar-refractivity contribution in [2.24, 2.45) is 0 Å². The Kier molecular flexibility index (Phi) is 5.53. The lowest BCUT2D eigenvalue weighted by Crippen LogP contribution is -2.06. The van der Waals surface area contributed by atoms with E-state index >= 15 is 0 Å². The monoisotopic (exact) mass is 488 g/mol. The Morgan fingerprint density at radius 1 is 0.629 bits per heavy atom. The second-order valence-corrected chi connectivity index (χ2v) is 10.0. The molecule has 0 saturated heterocycles. The Bertz CT molecular complexity index is 1610. The molecule has 0 fully saturated rings. The molecule has 168 valence electrons. The first-order valence-corrected chi connectivity index (χ1v) is 13.0. The van der Waals surface area contributed by atoms with Gasteiger partial charge in [0.25, 0.3) is 0 Å². The predicted molar refractivity (Wildman–Crippen MR) is 148 cm³/mol. The van der Waals surface area contributed by atoms with E-state index < -0.39 is 5.97 Å². The second-order valence-electron chi connectivity index (χ2n) is 8.18. The molecule has 2 aliphatic carbocycles. The number of fused-ring (bicyclic) bond motifs is 2. The lowest BCUT2D eigenvalue weighted by Gasteiger charge is -2.18. The van der Waals surface area contributed by atoms with Crippen LogP contribution in [0.4, 0.5) is 0 Å². The minimum Gasteiger partial charge on any atom is -0.422 e. The van der Waals surface area contributed by atoms with Gasteiger partial charge in [0.2, 0.25) is 0 Å². The van der Waals surface area contributed by atoms with Crippen molar-refractivity contribution in [3.8, 4) is 60.0 Å². The molecule has 2 aliphatic heterocycles. The average molecular weight is 489 g/mol. The molecular formula is C31H20O2S2. The molecule has 2 aromatic carbocycles. The lowest BCUT2D eigenvalue weighted by atomic mass is 9.92. The summed E-state index contributed by atoms with van der Waals surface area (Å²) >= 11 is 3.42. The first-order chi connectivity index (χ1) is 17.2. The van der Waals surface area contributed by atoms with E-state index in [1.54, 1.807) is 22.7 Å². The number of ether oxygens (including phenoxy) is 1. The SMILES string of the molecule is C=CC(=O)Oc1c(-c2ccccc2)cc(-c2ccc3cccsc2-3)cc1-c1ccc2cccsc1-2. The van der Waals surface area contributed by atoms with Gasteiger partial charge >= 0.3 is 5.97 Å². The van der Waals surface area contributed by atoms with Crippen molar-refractivity contribution in [3.05, 3.63) is 114 Å². The summed E-state index contributed by atoms with van der Waals surface area (Å²) in [5, 5.41) is 4.19. The van der Waals surface area contributed by atoms with Gasteiger partial charge in [-0.25, -0.2) is 4.79 Å². The zero-order chi connectivity index (χ0) is 23.8. The number of benzene rings is 2. The second kappa shape index (κ2) is 8.99. The van der Waals surface area contributed by atoms with Crippen molar-refractivity contribution in [1.29, 1.82) is 0 Å². The van der Waals surface area contributed by atoms with Crippen molar-refractivity contribution in [2.45, 2.75) is 0 Å². The summed E-state index contributed by atoms with van der Waals surface area (Å²) in [7, 11) is 0. The van der Waals surface area contributed by atoms with Crippen molar-refractivity contribution < 1.29 is 9.53 Å². The largest absolute Gasteiger partial charge is 0.422 e. The molecular weight excluding hydrogens is 468 g/mol. The van der Waals surface area contributed by atoms with Crippen LogP contribution in [0.25, 0.3) is 54.3 Å². The van der Waals surface area contributed by atoms with Crippen LogP contribution in [0.1, 0.15) is 0 Å². The van der Waals surface area contributed by atoms with E-state index in [1.807, 2.05) is 30.3 Å². The van der Waals surface area contributed by atoms with Gasteiger partial charge in [-0.2, -0.15) is 0 Å². The smallest absolute Gasteiger partial charge is 0.335 e. The Morgan fingerprint density at radius 2 is 1.23 bits per heavy atom. The van der Waals surface area contributed by atoms with Gasteiger partial charge in [0.1, 0.15) is 5.75 Å². The lowest BCUT2D eigenvalue weighted by molar-refractivity contribution is -0.128. The standard InChI is InChI=1S/C31H20O2S2/c1-2-28(32)33-29-26(20-8-4-3-5-9-20)18-23(24-14-12-21-10-6-16-34-30(21)24)19-27(29)25-15-13-22-11-7-17-35-31(22)25/h2-19H,1H2. The minimum atomic E-state index is -0.475. The van der Waals surface area contributed by atoms with E-state index in [4.69, 9.17) is 4.74 Å². The quantitative estimate of drug-likeness (QED) is 0.137. The van der Waals surface area contributed by atoms with Gasteiger partial charge < -0.3 is 4.74 Å². The predicted octanol–water partition coefficient (Wildman–Crippen LogP) is 9.11. The first-order valence-electron chi connectivity index (χ1n) is 11.2. The van der Waals surface area contributed by atoms with Gasteiger partial charge in [-0.05, 0) is 50.7 Å². The van der Waals surface area contributed by atoms with Crippen LogP contribution in [0.3, 0.4) is 0 Å². The summed E-state index contributed by atoms with van der Waals surface area (Å²) in [5.74, 6) is 0.0737. The van der Waals surface area contributed by atoms with Gasteiger partial charge in [0.05, 0.1) is 0 Å². The zero-order valence-electron chi connectivity index (χ0n) is 18.7. The molecule has 0 radical (unpaired) electrons. The molecule has 6 rings (SSSR count). The molecule has 0 amide bonds. The number of rotatable bonds is 5. The first kappa shape index (κ1) is 21.5. The normalized spacial score (nSPS) is 11.1. The Hall–Kier alpha value is -3.99. The third kappa shape index (κ3) is 3.87. The molecule has 0 N–H and O–H groups in total. The highest BCUT2D eigenvalue weighted by Gasteiger charge is 2.23. The van der Waals surface area contributed by atoms with E-state index in [2.05, 4.69) is 78.0 Å². The number of esters is 1. The molecule has 0 unspecified atom stereocenters. The number of hydrogen-bond acceptors (Lipinski definition) is 4. The number of carbonyl (C=O) groups is 1. The van der Waals surface area contributed by atoms with E-state index in [0.717, 1.165) is 32.7 Å². The van der Waals surface area contributed by atoms with Crippen molar-refractivity contribution in [1.82, 2.24) is 0 Å². The Balaban J connectivity index is 1.67. The van der Waals surface area contributed by atoms with Crippen LogP contribution in [0, 0.1) is 0 Å². The molecule has 0 atom stereocenters. The summed E-state index contributed by atoms with van der Waals surface area (Å²) in [6.07, 6.45) is 1.21. The molecule has 0 bridgehead atoms. The van der Waals surface area contributed by atoms with Crippen LogP contribution in [-0.2, 0) is 4.79 Å². The van der Waals surface area contributed by atoms with Crippen molar-refractivity contribution in [3.63, 3.8) is 0 Å². The minimum absolute atomic E-state index is 0.475. The fourth-order valence-corrected chi connectivity index (χ4v) is 6.24. The maximum atomic E-state index is 12.5. The van der Waals surface area contributed by atoms with E-state index in [1.165, 1.54) is 27.6 Å². The molecule has 0 spiro atoms. The molecule has 35 heavy (non-hydrogen) atoms. The molecule has 2 heterocycles. The fourth-order valence-electron chi connectivity index (χ4n) is 4.49. The van der Waals surface area contributed by atoms with Crippen LogP contribution < -0.4 is 4.74 Å². The van der Waals surface area contributed by atoms with E-state index in [0.29, 0.717) is 5.75 Å². The van der Waals surface area contributed by atoms with Gasteiger partial charge in [-0.1, -0.05) is 85.4 Å². The topological polar surface area (TPSA) is 26.3 Å². The summed E-state index contributed by atoms with van der Waals surface area (Å²) in [4.78, 5) is 14.9. The average Bonchev–Trinajstić information content (AvgIpc) is 3.54. The van der Waals surface area contributed by atoms with Crippen LogP contribution in [0.5, 0.6) is 5.75 Å². The molecule has 2 aromatic rings. The van der Waals surface area contributed by atoms with Gasteiger partial charge in [-0.15, -0.1) is 22.7 Å². The summed E-state index contributed by atoms with van der Waals surface area (Å²) in [6.45, 7) is 3.62. The summed E-state index contributed by atoms with van der Waals surface area (Å²) in [6, 6.07) is 31.3. The van der Waals surface area contributed by atoms with Crippen molar-refractivity contribution >= 4 is 28.6 Å². The molecule has 0 saturated carbocycles. The number of hydrogen-bond donors (Lipinski definition) is 0. The van der Waals surface area contributed by atoms with E-state index in [9.17, 15) is 4.79 Å². The van der Waals surface area contributed by atoms with Gasteiger partial charge in [0, 0.05) is 32.5 Å². The Morgan fingerprint density at radius 3 is 1.91 bits per heavy atom.